The van der Waals surface area contributed by atoms with Gasteiger partial charge in [0.15, 0.2) is 0 Å². The van der Waals surface area contributed by atoms with Gasteiger partial charge in [-0.15, -0.1) is 0 Å². The molecular formula is C29H46F3IO2. The van der Waals surface area contributed by atoms with Crippen LogP contribution in [-0.4, -0.2) is 22.2 Å². The van der Waals surface area contributed by atoms with Crippen LogP contribution in [0, 0.1) is 52.3 Å². The fourth-order valence-electron chi connectivity index (χ4n) is 9.57. The van der Waals surface area contributed by atoms with Crippen molar-refractivity contribution in [3.05, 3.63) is 0 Å². The zero-order valence-corrected chi connectivity index (χ0v) is 24.5. The molecule has 0 aromatic heterocycles. The number of alkyl halides is 4. The molecule has 0 N–H and O–H groups in total. The Morgan fingerprint density at radius 2 is 1.69 bits per heavy atom. The Morgan fingerprint density at radius 3 is 2.34 bits per heavy atom. The molecule has 4 fully saturated rings. The van der Waals surface area contributed by atoms with E-state index in [2.05, 4.69) is 57.2 Å². The summed E-state index contributed by atoms with van der Waals surface area (Å²) < 4.78 is 43.9. The van der Waals surface area contributed by atoms with Crippen molar-refractivity contribution in [3.63, 3.8) is 0 Å². The van der Waals surface area contributed by atoms with Gasteiger partial charge in [-0.1, -0.05) is 76.5 Å². The number of hydrogen-bond acceptors (Lipinski definition) is 2. The highest BCUT2D eigenvalue weighted by molar-refractivity contribution is 14.1. The molecule has 0 saturated heterocycles. The number of halogens is 4. The number of esters is 1. The second kappa shape index (κ2) is 10.3. The number of carbonyl (C=O) groups excluding carboxylic acids is 1. The van der Waals surface area contributed by atoms with Gasteiger partial charge in [0, 0.05) is 3.92 Å². The molecule has 0 unspecified atom stereocenters. The van der Waals surface area contributed by atoms with E-state index in [0.29, 0.717) is 29.6 Å². The first-order chi connectivity index (χ1) is 16.3. The molecule has 0 amide bonds. The van der Waals surface area contributed by atoms with Gasteiger partial charge in [0.05, 0.1) is 0 Å². The van der Waals surface area contributed by atoms with E-state index in [0.717, 1.165) is 30.1 Å². The summed E-state index contributed by atoms with van der Waals surface area (Å²) in [6.07, 6.45) is 7.45. The van der Waals surface area contributed by atoms with Crippen LogP contribution >= 0.6 is 22.6 Å². The van der Waals surface area contributed by atoms with E-state index >= 15 is 0 Å². The lowest BCUT2D eigenvalue weighted by Crippen LogP contribution is -2.56. The Bertz CT molecular complexity index is 770. The SMILES string of the molecule is CC(C)CCC[C@@H](C)[C@@H]1CC[C@@H]2[C@@H]3CC[C@H]4C[C@H](I)[C@H](OC(=O)C(F)(F)F)C[C@]4(C)[C@@H]3CC[C@@]21C. The summed E-state index contributed by atoms with van der Waals surface area (Å²) >= 11 is 2.23. The van der Waals surface area contributed by atoms with Gasteiger partial charge >= 0.3 is 12.1 Å². The van der Waals surface area contributed by atoms with E-state index in [1.807, 2.05) is 0 Å². The van der Waals surface area contributed by atoms with E-state index in [1.54, 1.807) is 0 Å². The average molecular weight is 611 g/mol. The maximum absolute atomic E-state index is 13.0. The van der Waals surface area contributed by atoms with E-state index in [1.165, 1.54) is 57.8 Å². The van der Waals surface area contributed by atoms with Gasteiger partial charge in [-0.2, -0.15) is 13.2 Å². The number of fused-ring (bicyclic) bond motifs is 5. The van der Waals surface area contributed by atoms with Crippen molar-refractivity contribution >= 4 is 28.6 Å². The molecule has 0 aliphatic heterocycles. The van der Waals surface area contributed by atoms with Crippen LogP contribution in [0.4, 0.5) is 13.2 Å². The molecule has 2 nitrogen and oxygen atoms in total. The lowest BCUT2D eigenvalue weighted by Gasteiger charge is -2.62. The lowest BCUT2D eigenvalue weighted by molar-refractivity contribution is -0.211. The van der Waals surface area contributed by atoms with Crippen molar-refractivity contribution in [1.29, 1.82) is 0 Å². The summed E-state index contributed by atoms with van der Waals surface area (Å²) in [5.41, 5.74) is 0.383. The van der Waals surface area contributed by atoms with Crippen LogP contribution < -0.4 is 0 Å². The lowest BCUT2D eigenvalue weighted by atomic mass is 9.44. The Morgan fingerprint density at radius 1 is 1.00 bits per heavy atom. The van der Waals surface area contributed by atoms with Crippen molar-refractivity contribution in [2.45, 2.75) is 121 Å². The molecule has 0 bridgehead atoms. The van der Waals surface area contributed by atoms with Crippen molar-refractivity contribution in [1.82, 2.24) is 0 Å². The van der Waals surface area contributed by atoms with Crippen LogP contribution in [0.3, 0.4) is 0 Å². The number of carbonyl (C=O) groups is 1. The Hall–Kier alpha value is -0.0100. The molecule has 0 spiro atoms. The van der Waals surface area contributed by atoms with Gasteiger partial charge in [-0.3, -0.25) is 0 Å². The molecule has 0 heterocycles. The fourth-order valence-corrected chi connectivity index (χ4v) is 10.6. The smallest absolute Gasteiger partial charge is 0.455 e. The predicted molar refractivity (Wildman–Crippen MR) is 142 cm³/mol. The van der Waals surface area contributed by atoms with Crippen LogP contribution in [0.15, 0.2) is 0 Å². The third-order valence-corrected chi connectivity index (χ3v) is 12.6. The molecule has 0 aromatic rings. The molecular weight excluding hydrogens is 564 g/mol. The van der Waals surface area contributed by atoms with Gasteiger partial charge in [0.25, 0.3) is 0 Å². The van der Waals surface area contributed by atoms with E-state index in [4.69, 9.17) is 4.74 Å². The summed E-state index contributed by atoms with van der Waals surface area (Å²) in [5, 5.41) is 0. The van der Waals surface area contributed by atoms with E-state index in [9.17, 15) is 18.0 Å². The van der Waals surface area contributed by atoms with Crippen molar-refractivity contribution in [3.8, 4) is 0 Å². The highest BCUT2D eigenvalue weighted by Crippen LogP contribution is 2.68. The van der Waals surface area contributed by atoms with Crippen molar-refractivity contribution in [2.75, 3.05) is 0 Å². The molecule has 4 aliphatic carbocycles. The Kier molecular flexibility index (Phi) is 8.23. The van der Waals surface area contributed by atoms with Crippen molar-refractivity contribution < 1.29 is 22.7 Å². The summed E-state index contributed by atoms with van der Waals surface area (Å²) in [7, 11) is 0. The summed E-state index contributed by atoms with van der Waals surface area (Å²) in [4.78, 5) is 11.7. The highest BCUT2D eigenvalue weighted by Gasteiger charge is 2.62. The van der Waals surface area contributed by atoms with Gasteiger partial charge in [-0.25, -0.2) is 4.79 Å². The van der Waals surface area contributed by atoms with Crippen LogP contribution in [0.2, 0.25) is 0 Å². The molecule has 0 aromatic carbocycles. The minimum Gasteiger partial charge on any atom is -0.455 e. The molecule has 4 saturated carbocycles. The average Bonchev–Trinajstić information content (AvgIpc) is 3.11. The first-order valence-corrected chi connectivity index (χ1v) is 15.4. The van der Waals surface area contributed by atoms with Crippen LogP contribution in [0.25, 0.3) is 0 Å². The van der Waals surface area contributed by atoms with Gasteiger partial charge in [0.2, 0.25) is 0 Å². The zero-order chi connectivity index (χ0) is 25.8. The van der Waals surface area contributed by atoms with Gasteiger partial charge < -0.3 is 4.74 Å². The van der Waals surface area contributed by atoms with Gasteiger partial charge in [-0.05, 0) is 104 Å². The minimum atomic E-state index is -4.92. The number of rotatable bonds is 6. The topological polar surface area (TPSA) is 26.3 Å². The zero-order valence-electron chi connectivity index (χ0n) is 22.3. The predicted octanol–water partition coefficient (Wildman–Crippen LogP) is 9.00. The van der Waals surface area contributed by atoms with Crippen LogP contribution in [0.1, 0.15) is 105 Å². The molecule has 6 heteroatoms. The first-order valence-electron chi connectivity index (χ1n) is 14.2. The molecule has 4 rings (SSSR count). The largest absolute Gasteiger partial charge is 0.490 e. The van der Waals surface area contributed by atoms with Gasteiger partial charge in [0.1, 0.15) is 6.10 Å². The summed E-state index contributed by atoms with van der Waals surface area (Å²) in [6.45, 7) is 12.0. The number of ether oxygens (including phenoxy) is 1. The second-order valence-electron chi connectivity index (χ2n) is 13.6. The quantitative estimate of drug-likeness (QED) is 0.171. The maximum atomic E-state index is 13.0. The monoisotopic (exact) mass is 610 g/mol. The standard InChI is InChI=1S/C29H46F3IO2/c1-17(2)7-6-8-18(3)21-11-12-22-20-10-9-19-15-24(33)25(35-26(34)29(30,31)32)16-28(19,5)23(20)13-14-27(21,22)4/h17-25H,6-16H2,1-5H3/t18-,19+,20+,21+,22-,23-,24+,25-,27-,28+/m1/s1. The van der Waals surface area contributed by atoms with E-state index < -0.39 is 18.2 Å². The molecule has 4 aliphatic rings. The fraction of sp³-hybridized carbons (Fsp3) is 0.966. The molecule has 0 radical (unpaired) electrons. The highest BCUT2D eigenvalue weighted by atomic mass is 127. The number of hydrogen-bond donors (Lipinski definition) is 0. The summed E-state index contributed by atoms with van der Waals surface area (Å²) in [5.74, 6) is 2.83. The Balaban J connectivity index is 1.48. The molecule has 10 atom stereocenters. The normalized spacial score (nSPS) is 44.3. The van der Waals surface area contributed by atoms with E-state index in [-0.39, 0.29) is 9.34 Å². The first kappa shape index (κ1) is 28.0. The summed E-state index contributed by atoms with van der Waals surface area (Å²) in [6, 6.07) is 0. The molecule has 202 valence electrons. The van der Waals surface area contributed by atoms with Crippen LogP contribution in [0.5, 0.6) is 0 Å². The third-order valence-electron chi connectivity index (χ3n) is 11.3. The van der Waals surface area contributed by atoms with Crippen LogP contribution in [-0.2, 0) is 9.53 Å². The Labute approximate surface area is 224 Å². The molecule has 35 heavy (non-hydrogen) atoms. The maximum Gasteiger partial charge on any atom is 0.490 e. The third kappa shape index (κ3) is 5.30. The van der Waals surface area contributed by atoms with Crippen molar-refractivity contribution in [2.24, 2.45) is 52.3 Å². The second-order valence-corrected chi connectivity index (χ2v) is 15.2. The minimum absolute atomic E-state index is 0.0244.